The van der Waals surface area contributed by atoms with E-state index in [4.69, 9.17) is 61.6 Å². The van der Waals surface area contributed by atoms with Gasteiger partial charge in [-0.3, -0.25) is 0 Å². The van der Waals surface area contributed by atoms with E-state index in [9.17, 15) is 76.6 Å². The molecule has 28 nitrogen and oxygen atoms in total. The van der Waals surface area contributed by atoms with Crippen molar-refractivity contribution in [2.45, 2.75) is 179 Å². The van der Waals surface area contributed by atoms with Gasteiger partial charge in [0.05, 0.1) is 39.1 Å². The van der Waals surface area contributed by atoms with E-state index in [1.165, 1.54) is 21.1 Å². The smallest absolute Gasteiger partial charge is 0.187 e. The minimum atomic E-state index is -1.99. The molecule has 28 heteroatoms. The van der Waals surface area contributed by atoms with Gasteiger partial charge in [-0.05, 0) is 6.92 Å². The zero-order chi connectivity index (χ0) is 46.9. The number of hydrogen-bond acceptors (Lipinski definition) is 28. The van der Waals surface area contributed by atoms with Crippen molar-refractivity contribution in [1.82, 2.24) is 0 Å². The van der Waals surface area contributed by atoms with Gasteiger partial charge >= 0.3 is 0 Å². The van der Waals surface area contributed by atoms with Crippen LogP contribution in [0.1, 0.15) is 6.92 Å². The summed E-state index contributed by atoms with van der Waals surface area (Å²) < 4.78 is 71.9. The molecule has 15 N–H and O–H groups in total. The van der Waals surface area contributed by atoms with Crippen LogP contribution in [0.5, 0.6) is 0 Å². The molecular formula is C36H62O28. The number of aliphatic hydroxyl groups is 15. The third-order valence-corrected chi connectivity index (χ3v) is 12.1. The fourth-order valence-corrected chi connectivity index (χ4v) is 8.41. The van der Waals surface area contributed by atoms with E-state index < -0.39 is 205 Å². The lowest BCUT2D eigenvalue weighted by Gasteiger charge is -2.48. The van der Waals surface area contributed by atoms with Gasteiger partial charge in [0.25, 0.3) is 0 Å². The standard InChI is InChI=1S/C36H62O28/c1-9-25(61-32-21(47)26(10(40)7-55-32)62-35-22(48)27(52-2)15(41)11(4-37)58-35)19(45)20(46)33(56-9)64-30-18(44)14(8-54-31(30)51)60-34-24(50)29(17(43)13(6-39)57-34)63-36-23(49)28(53-3)16(42)12(5-38)59-36/h9-51H,4-8H2,1-3H3/t9-,10-,11-,12-,13-,14-,15-,16-,17-,18+,19-,20-,21-,22-,23-,24-,25-,26+,27+,28+,29+,30-,31-,32+,33+,34+,35+,36+/m1/s1. The zero-order valence-corrected chi connectivity index (χ0v) is 34.7. The summed E-state index contributed by atoms with van der Waals surface area (Å²) in [4.78, 5) is 0. The number of rotatable bonds is 15. The minimum Gasteiger partial charge on any atom is -0.394 e. The second-order valence-corrected chi connectivity index (χ2v) is 16.3. The molecule has 64 heavy (non-hydrogen) atoms. The molecule has 0 bridgehead atoms. The number of aliphatic hydroxyl groups excluding tert-OH is 15. The molecule has 0 aromatic heterocycles. The summed E-state index contributed by atoms with van der Waals surface area (Å²) in [6, 6.07) is 0. The van der Waals surface area contributed by atoms with E-state index in [0.717, 1.165) is 0 Å². The summed E-state index contributed by atoms with van der Waals surface area (Å²) in [5.74, 6) is 0. The molecule has 0 amide bonds. The van der Waals surface area contributed by atoms with Crippen LogP contribution in [0, 0.1) is 0 Å². The Bertz CT molecular complexity index is 1420. The first-order valence-corrected chi connectivity index (χ1v) is 20.6. The van der Waals surface area contributed by atoms with Crippen molar-refractivity contribution >= 4 is 0 Å². The molecule has 0 aromatic carbocycles. The fraction of sp³-hybridized carbons (Fsp3) is 1.00. The second-order valence-electron chi connectivity index (χ2n) is 16.3. The van der Waals surface area contributed by atoms with Gasteiger partial charge in [0.1, 0.15) is 128 Å². The molecule has 0 saturated carbocycles. The summed E-state index contributed by atoms with van der Waals surface area (Å²) >= 11 is 0. The van der Waals surface area contributed by atoms with Gasteiger partial charge in [-0.15, -0.1) is 0 Å². The Labute approximate surface area is 364 Å². The van der Waals surface area contributed by atoms with Crippen LogP contribution in [0.3, 0.4) is 0 Å². The summed E-state index contributed by atoms with van der Waals surface area (Å²) in [5, 5.41) is 160. The third-order valence-electron chi connectivity index (χ3n) is 12.1. The highest BCUT2D eigenvalue weighted by Gasteiger charge is 2.55. The highest BCUT2D eigenvalue weighted by Crippen LogP contribution is 2.35. The lowest BCUT2D eigenvalue weighted by atomic mass is 9.96. The molecule has 6 heterocycles. The average Bonchev–Trinajstić information content (AvgIpc) is 3.27. The highest BCUT2D eigenvalue weighted by molar-refractivity contribution is 4.98. The van der Waals surface area contributed by atoms with E-state index >= 15 is 0 Å². The van der Waals surface area contributed by atoms with E-state index in [1.54, 1.807) is 0 Å². The molecule has 6 aliphatic rings. The number of hydrogen-bond donors (Lipinski definition) is 15. The Hall–Kier alpha value is -1.12. The highest BCUT2D eigenvalue weighted by atomic mass is 16.8. The third kappa shape index (κ3) is 10.7. The molecule has 28 atom stereocenters. The van der Waals surface area contributed by atoms with Gasteiger partial charge in [-0.1, -0.05) is 0 Å². The van der Waals surface area contributed by atoms with Crippen LogP contribution in [0.15, 0.2) is 0 Å². The van der Waals surface area contributed by atoms with Crippen molar-refractivity contribution in [3.8, 4) is 0 Å². The van der Waals surface area contributed by atoms with Crippen molar-refractivity contribution in [2.24, 2.45) is 0 Å². The molecule has 0 aromatic rings. The van der Waals surface area contributed by atoms with Crippen molar-refractivity contribution in [2.75, 3.05) is 47.3 Å². The molecule has 6 saturated heterocycles. The maximum absolute atomic E-state index is 11.4. The van der Waals surface area contributed by atoms with Crippen LogP contribution >= 0.6 is 0 Å². The second kappa shape index (κ2) is 22.5. The Kier molecular flexibility index (Phi) is 18.4. The first-order chi connectivity index (χ1) is 30.4. The van der Waals surface area contributed by atoms with Crippen LogP contribution in [-0.2, 0) is 61.6 Å². The molecule has 374 valence electrons. The summed E-state index contributed by atoms with van der Waals surface area (Å²) in [6.45, 7) is -2.00. The zero-order valence-electron chi connectivity index (χ0n) is 34.7. The van der Waals surface area contributed by atoms with Gasteiger partial charge in [-0.25, -0.2) is 0 Å². The molecule has 0 radical (unpaired) electrons. The Balaban J connectivity index is 1.07. The first kappa shape index (κ1) is 52.3. The van der Waals surface area contributed by atoms with Crippen LogP contribution in [-0.4, -0.2) is 296 Å². The Morgan fingerprint density at radius 1 is 0.391 bits per heavy atom. The Morgan fingerprint density at radius 3 is 1.33 bits per heavy atom. The van der Waals surface area contributed by atoms with Crippen LogP contribution in [0.4, 0.5) is 0 Å². The quantitative estimate of drug-likeness (QED) is 0.0725. The largest absolute Gasteiger partial charge is 0.394 e. The van der Waals surface area contributed by atoms with Crippen molar-refractivity contribution in [3.63, 3.8) is 0 Å². The average molecular weight is 943 g/mol. The minimum absolute atomic E-state index is 0.511. The predicted molar refractivity (Wildman–Crippen MR) is 195 cm³/mol. The number of methoxy groups -OCH3 is 2. The van der Waals surface area contributed by atoms with Gasteiger partial charge in [-0.2, -0.15) is 0 Å². The van der Waals surface area contributed by atoms with E-state index in [2.05, 4.69) is 0 Å². The molecule has 0 unspecified atom stereocenters. The summed E-state index contributed by atoms with van der Waals surface area (Å²) in [6.07, 6.45) is -45.7. The van der Waals surface area contributed by atoms with Crippen molar-refractivity contribution in [1.29, 1.82) is 0 Å². The fourth-order valence-electron chi connectivity index (χ4n) is 8.41. The molecular weight excluding hydrogens is 880 g/mol. The molecule has 6 aliphatic heterocycles. The lowest BCUT2D eigenvalue weighted by molar-refractivity contribution is -0.388. The van der Waals surface area contributed by atoms with Crippen LogP contribution in [0.2, 0.25) is 0 Å². The van der Waals surface area contributed by atoms with Crippen LogP contribution < -0.4 is 0 Å². The van der Waals surface area contributed by atoms with Gasteiger partial charge in [0, 0.05) is 14.2 Å². The predicted octanol–water partition coefficient (Wildman–Crippen LogP) is -10.5. The molecule has 0 spiro atoms. The van der Waals surface area contributed by atoms with E-state index in [0.29, 0.717) is 0 Å². The van der Waals surface area contributed by atoms with Gasteiger partial charge in [0.15, 0.2) is 37.7 Å². The van der Waals surface area contributed by atoms with Crippen LogP contribution in [0.25, 0.3) is 0 Å². The summed E-state index contributed by atoms with van der Waals surface area (Å²) in [5.41, 5.74) is 0. The maximum atomic E-state index is 11.4. The number of ether oxygens (including phenoxy) is 13. The summed E-state index contributed by atoms with van der Waals surface area (Å²) in [7, 11) is 2.36. The van der Waals surface area contributed by atoms with E-state index in [-0.39, 0.29) is 0 Å². The Morgan fingerprint density at radius 2 is 0.812 bits per heavy atom. The van der Waals surface area contributed by atoms with Gasteiger partial charge in [0.2, 0.25) is 0 Å². The van der Waals surface area contributed by atoms with Crippen molar-refractivity contribution < 1.29 is 138 Å². The molecule has 6 rings (SSSR count). The lowest BCUT2D eigenvalue weighted by Crippen LogP contribution is -2.66. The molecule has 0 aliphatic carbocycles. The van der Waals surface area contributed by atoms with E-state index in [1.807, 2.05) is 0 Å². The van der Waals surface area contributed by atoms with Crippen molar-refractivity contribution in [3.05, 3.63) is 0 Å². The van der Waals surface area contributed by atoms with Gasteiger partial charge < -0.3 is 138 Å². The normalized spacial score (nSPS) is 53.0. The topological polar surface area (TPSA) is 423 Å². The maximum Gasteiger partial charge on any atom is 0.187 e. The first-order valence-electron chi connectivity index (χ1n) is 20.6. The molecule has 6 fully saturated rings. The SMILES string of the molecule is CO[C@@H]1[C@@H](O)[C@H](O[C@@H]2[C@@H](O)[C@H](O[C@@H]3CO[C@@H](O)[C@H](O[C@@H]4O[C@H](C)[C@@H](O[C@@H]5OC[C@@H](O)[C@H](O[C@@H]6O[C@H](CO)[C@@H](O)[C@H](OC)[C@H]6O)[C@H]5O)[C@H](O)[C@H]4O)[C@H]3O)O[C@H](CO)[C@H]2O)O[C@H](CO)[C@H]1O. The monoisotopic (exact) mass is 942 g/mol.